The van der Waals surface area contributed by atoms with E-state index in [1.54, 1.807) is 12.1 Å². The Bertz CT molecular complexity index is 839. The third-order valence-electron chi connectivity index (χ3n) is 5.11. The Balaban J connectivity index is 1.96. The van der Waals surface area contributed by atoms with Gasteiger partial charge in [0.2, 0.25) is 10.0 Å². The molecule has 0 fully saturated rings. The minimum atomic E-state index is -3.59. The van der Waals surface area contributed by atoms with E-state index < -0.39 is 10.0 Å². The molecule has 4 nitrogen and oxygen atoms in total. The van der Waals surface area contributed by atoms with Gasteiger partial charge in [0.15, 0.2) is 0 Å². The van der Waals surface area contributed by atoms with E-state index in [9.17, 15) is 8.42 Å². The summed E-state index contributed by atoms with van der Waals surface area (Å²) >= 11 is 0. The van der Waals surface area contributed by atoms with Gasteiger partial charge in [0.05, 0.1) is 10.9 Å². The molecule has 0 spiro atoms. The van der Waals surface area contributed by atoms with Crippen molar-refractivity contribution in [3.05, 3.63) is 59.7 Å². The maximum Gasteiger partial charge on any atom is 0.241 e. The lowest BCUT2D eigenvalue weighted by Gasteiger charge is -2.41. The number of nitrogens with one attached hydrogen (secondary N) is 1. The van der Waals surface area contributed by atoms with Crippen LogP contribution in [0.1, 0.15) is 50.3 Å². The van der Waals surface area contributed by atoms with Crippen LogP contribution in [0.3, 0.4) is 0 Å². The number of hydrogen-bond acceptors (Lipinski definition) is 3. The molecule has 0 aliphatic carbocycles. The molecule has 2 aromatic rings. The fourth-order valence-corrected chi connectivity index (χ4v) is 4.59. The van der Waals surface area contributed by atoms with Crippen LogP contribution in [0.2, 0.25) is 0 Å². The van der Waals surface area contributed by atoms with Gasteiger partial charge in [0.25, 0.3) is 0 Å². The van der Waals surface area contributed by atoms with Gasteiger partial charge in [-0.05, 0) is 38.0 Å². The molecule has 1 heterocycles. The molecule has 25 heavy (non-hydrogen) atoms. The maximum absolute atomic E-state index is 12.9. The van der Waals surface area contributed by atoms with E-state index in [0.29, 0.717) is 11.3 Å². The summed E-state index contributed by atoms with van der Waals surface area (Å²) < 4.78 is 34.9. The molecule has 3 rings (SSSR count). The summed E-state index contributed by atoms with van der Waals surface area (Å²) in [5.41, 5.74) is 1.59. The van der Waals surface area contributed by atoms with Crippen molar-refractivity contribution in [3.63, 3.8) is 0 Å². The third-order valence-corrected chi connectivity index (χ3v) is 6.60. The van der Waals surface area contributed by atoms with Crippen LogP contribution in [0.5, 0.6) is 5.75 Å². The Hall–Kier alpha value is -1.85. The zero-order valence-corrected chi connectivity index (χ0v) is 15.8. The van der Waals surface area contributed by atoms with Crippen LogP contribution in [0.15, 0.2) is 53.4 Å². The van der Waals surface area contributed by atoms with Crippen LogP contribution in [-0.4, -0.2) is 14.0 Å². The second-order valence-electron chi connectivity index (χ2n) is 6.72. The highest BCUT2D eigenvalue weighted by Crippen LogP contribution is 2.43. The summed E-state index contributed by atoms with van der Waals surface area (Å²) in [7, 11) is -3.59. The van der Waals surface area contributed by atoms with Gasteiger partial charge < -0.3 is 4.74 Å². The van der Waals surface area contributed by atoms with E-state index in [4.69, 9.17) is 4.74 Å². The van der Waals surface area contributed by atoms with E-state index in [1.165, 1.54) is 0 Å². The van der Waals surface area contributed by atoms with Crippen molar-refractivity contribution in [1.29, 1.82) is 0 Å². The predicted molar refractivity (Wildman–Crippen MR) is 99.2 cm³/mol. The number of ether oxygens (including phenoxy) is 1. The van der Waals surface area contributed by atoms with Crippen LogP contribution in [-0.2, 0) is 10.0 Å². The van der Waals surface area contributed by atoms with Crippen molar-refractivity contribution < 1.29 is 13.2 Å². The second kappa shape index (κ2) is 6.81. The van der Waals surface area contributed by atoms with Gasteiger partial charge in [-0.15, -0.1) is 0 Å². The normalized spacial score (nSPS) is 19.1. The molecule has 0 unspecified atom stereocenters. The Labute approximate surface area is 150 Å². The minimum Gasteiger partial charge on any atom is -0.487 e. The Morgan fingerprint density at radius 1 is 1.08 bits per heavy atom. The summed E-state index contributed by atoms with van der Waals surface area (Å²) in [6, 6.07) is 14.3. The molecule has 0 saturated heterocycles. The fourth-order valence-electron chi connectivity index (χ4n) is 3.38. The van der Waals surface area contributed by atoms with E-state index in [0.717, 1.165) is 29.7 Å². The molecule has 5 heteroatoms. The molecular formula is C20H25NO3S. The molecule has 0 aromatic heterocycles. The van der Waals surface area contributed by atoms with Gasteiger partial charge >= 0.3 is 0 Å². The molecule has 1 atom stereocenters. The number of para-hydroxylation sites is 1. The standard InChI is InChI=1S/C20H25NO3S/c1-4-20(5-2)14-18(17-8-6-7-9-19(17)24-20)21-25(22,23)16-12-10-15(3)11-13-16/h6-13,18,21H,4-5,14H2,1-3H3/t18-/m0/s1. The SMILES string of the molecule is CCC1(CC)C[C@H](NS(=O)(=O)c2ccc(C)cc2)c2ccccc2O1. The van der Waals surface area contributed by atoms with Gasteiger partial charge in [-0.3, -0.25) is 0 Å². The molecule has 0 radical (unpaired) electrons. The molecule has 0 bridgehead atoms. The predicted octanol–water partition coefficient (Wildman–Crippen LogP) is 4.36. The van der Waals surface area contributed by atoms with Crippen molar-refractivity contribution in [2.75, 3.05) is 0 Å². The third kappa shape index (κ3) is 3.58. The van der Waals surface area contributed by atoms with Gasteiger partial charge in [-0.25, -0.2) is 13.1 Å². The Morgan fingerprint density at radius 2 is 1.72 bits per heavy atom. The smallest absolute Gasteiger partial charge is 0.241 e. The summed E-state index contributed by atoms with van der Waals surface area (Å²) in [5.74, 6) is 0.772. The number of rotatable bonds is 5. The highest BCUT2D eigenvalue weighted by Gasteiger charge is 2.39. The highest BCUT2D eigenvalue weighted by molar-refractivity contribution is 7.89. The van der Waals surface area contributed by atoms with Crippen LogP contribution >= 0.6 is 0 Å². The highest BCUT2D eigenvalue weighted by atomic mass is 32.2. The van der Waals surface area contributed by atoms with Gasteiger partial charge in [0.1, 0.15) is 11.4 Å². The Kier molecular flexibility index (Phi) is 4.89. The quantitative estimate of drug-likeness (QED) is 0.863. The summed E-state index contributed by atoms with van der Waals surface area (Å²) in [6.45, 7) is 6.11. The minimum absolute atomic E-state index is 0.292. The number of fused-ring (bicyclic) bond motifs is 1. The first kappa shape index (κ1) is 18.0. The van der Waals surface area contributed by atoms with Crippen LogP contribution in [0.4, 0.5) is 0 Å². The van der Waals surface area contributed by atoms with E-state index >= 15 is 0 Å². The summed E-state index contributed by atoms with van der Waals surface area (Å²) in [5, 5.41) is 0. The van der Waals surface area contributed by atoms with Gasteiger partial charge in [-0.2, -0.15) is 0 Å². The monoisotopic (exact) mass is 359 g/mol. The van der Waals surface area contributed by atoms with Crippen LogP contribution < -0.4 is 9.46 Å². The molecule has 134 valence electrons. The fraction of sp³-hybridized carbons (Fsp3) is 0.400. The molecule has 1 aliphatic rings. The summed E-state index contributed by atoms with van der Waals surface area (Å²) in [4.78, 5) is 0.292. The van der Waals surface area contributed by atoms with Crippen LogP contribution in [0, 0.1) is 6.92 Å². The van der Waals surface area contributed by atoms with Crippen LogP contribution in [0.25, 0.3) is 0 Å². The van der Waals surface area contributed by atoms with E-state index in [-0.39, 0.29) is 11.6 Å². The van der Waals surface area contributed by atoms with E-state index in [1.807, 2.05) is 43.3 Å². The van der Waals surface area contributed by atoms with Gasteiger partial charge in [0, 0.05) is 12.0 Å². The average molecular weight is 359 g/mol. The zero-order chi connectivity index (χ0) is 18.1. The van der Waals surface area contributed by atoms with Gasteiger partial charge in [-0.1, -0.05) is 49.7 Å². The Morgan fingerprint density at radius 3 is 2.36 bits per heavy atom. The molecule has 0 saturated carbocycles. The zero-order valence-electron chi connectivity index (χ0n) is 15.0. The molecule has 2 aromatic carbocycles. The van der Waals surface area contributed by atoms with Crippen molar-refractivity contribution in [2.24, 2.45) is 0 Å². The number of aryl methyl sites for hydroxylation is 1. The van der Waals surface area contributed by atoms with Crippen molar-refractivity contribution in [1.82, 2.24) is 4.72 Å². The van der Waals surface area contributed by atoms with Crippen molar-refractivity contribution in [3.8, 4) is 5.75 Å². The maximum atomic E-state index is 12.9. The topological polar surface area (TPSA) is 55.4 Å². The average Bonchev–Trinajstić information content (AvgIpc) is 2.61. The second-order valence-corrected chi connectivity index (χ2v) is 8.44. The summed E-state index contributed by atoms with van der Waals surface area (Å²) in [6.07, 6.45) is 2.29. The molecule has 0 amide bonds. The van der Waals surface area contributed by atoms with Crippen molar-refractivity contribution >= 4 is 10.0 Å². The first-order chi connectivity index (χ1) is 11.9. The van der Waals surface area contributed by atoms with Crippen molar-refractivity contribution in [2.45, 2.75) is 56.6 Å². The lowest BCUT2D eigenvalue weighted by molar-refractivity contribution is 0.0260. The number of benzene rings is 2. The molecular weight excluding hydrogens is 334 g/mol. The lowest BCUT2D eigenvalue weighted by Crippen LogP contribution is -2.44. The largest absolute Gasteiger partial charge is 0.487 e. The number of sulfonamides is 1. The first-order valence-electron chi connectivity index (χ1n) is 8.76. The first-order valence-corrected chi connectivity index (χ1v) is 10.2. The molecule has 1 N–H and O–H groups in total. The number of hydrogen-bond donors (Lipinski definition) is 1. The molecule has 1 aliphatic heterocycles. The lowest BCUT2D eigenvalue weighted by atomic mass is 9.84. The van der Waals surface area contributed by atoms with E-state index in [2.05, 4.69) is 18.6 Å².